The third kappa shape index (κ3) is 9.50. The first kappa shape index (κ1) is 40.6. The van der Waals surface area contributed by atoms with Gasteiger partial charge in [-0.25, -0.2) is 9.11 Å². The summed E-state index contributed by atoms with van der Waals surface area (Å²) in [6, 6.07) is 0.382. The van der Waals surface area contributed by atoms with Gasteiger partial charge >= 0.3 is 31.8 Å². The average molecular weight is 903 g/mol. The zero-order valence-electron chi connectivity index (χ0n) is 23.3. The quantitative estimate of drug-likeness (QED) is 0.0700. The molecule has 5 rings (SSSR count). The van der Waals surface area contributed by atoms with Crippen LogP contribution >= 0.6 is 15.6 Å². The van der Waals surface area contributed by atoms with Gasteiger partial charge < -0.3 is 103 Å². The predicted molar refractivity (Wildman–Crippen MR) is 154 cm³/mol. The van der Waals surface area contributed by atoms with E-state index in [4.69, 9.17) is 53.4 Å². The van der Waals surface area contributed by atoms with Crippen molar-refractivity contribution in [3.8, 4) is 0 Å². The van der Waals surface area contributed by atoms with Crippen LogP contribution in [0.5, 0.6) is 0 Å². The Labute approximate surface area is 298 Å². The largest absolute Gasteiger partial charge is 1.00 e. The van der Waals surface area contributed by atoms with Crippen molar-refractivity contribution in [1.82, 2.24) is 19.5 Å². The van der Waals surface area contributed by atoms with Crippen molar-refractivity contribution in [1.29, 1.82) is 0 Å². The van der Waals surface area contributed by atoms with Crippen molar-refractivity contribution in [2.24, 2.45) is 0 Å². The molecule has 2 aromatic heterocycles. The van der Waals surface area contributed by atoms with E-state index in [1.165, 1.54) is 6.07 Å². The minimum atomic E-state index is -5.68. The molecule has 0 aromatic carbocycles. The number of nitrogens with zero attached hydrogens (tertiary/aromatic N) is 3. The number of aromatic amines is 1. The first-order valence-corrected chi connectivity index (χ1v) is 17.9. The standard InChI is InChI=1S/C19H26N8O13P2S2.Mo.2O.Se/c20-7-1-2-27(19(31)22-7)17-11(29)10(28)5(39-17)3-36-41(32,33)40-42(34,35)37-4-6-12(43)13(44)8-16(38-6)24-14-9(23-8)15(30)26-18(21)25-14;;;;/h1-2,5-6,8,10-11,16-17,23,28-29,43-44H,3-4H2,(H,32,33)(H,34,35)(H2,20,22,31)(H4,21,24,25,26,30);;;;/q;;;2*-1/p-4/t5-,6-,8+,10-,11-,16-,17-;;;;/m1..../s1. The minimum Gasteiger partial charge on any atom is -1.00 e. The number of aliphatic hydroxyl groups excluding tert-OH is 2. The fourth-order valence-electron chi connectivity index (χ4n) is 4.37. The molecule has 2 aromatic rings. The molecular formula is C19H22MoN8O15P2S2Se-6. The van der Waals surface area contributed by atoms with Crippen molar-refractivity contribution < 1.29 is 78.0 Å². The minimum absolute atomic E-state index is 0. The number of aliphatic hydroxyl groups is 2. The number of anilines is 4. The first-order chi connectivity index (χ1) is 22.0. The van der Waals surface area contributed by atoms with Crippen LogP contribution < -0.4 is 46.9 Å². The Morgan fingerprint density at radius 2 is 1.67 bits per heavy atom. The van der Waals surface area contributed by atoms with Crippen LogP contribution in [-0.4, -0.2) is 96.7 Å². The Kier molecular flexibility index (Phi) is 14.0. The maximum absolute atomic E-state index is 12.3. The second kappa shape index (κ2) is 16.5. The van der Waals surface area contributed by atoms with Gasteiger partial charge in [-0.15, -0.1) is 0 Å². The Balaban J connectivity index is 0.00000151. The number of phosphoric ester groups is 2. The van der Waals surface area contributed by atoms with Gasteiger partial charge in [0, 0.05) is 6.20 Å². The summed E-state index contributed by atoms with van der Waals surface area (Å²) in [5, 5.41) is 26.1. The van der Waals surface area contributed by atoms with Crippen molar-refractivity contribution >= 4 is 81.2 Å². The van der Waals surface area contributed by atoms with E-state index in [2.05, 4.69) is 38.9 Å². The third-order valence-corrected chi connectivity index (χ3v) is 10.0. The second-order valence-corrected chi connectivity index (χ2v) is 13.6. The summed E-state index contributed by atoms with van der Waals surface area (Å²) in [6.45, 7) is -1.90. The molecule has 0 amide bonds. The molecule has 1 radical (unpaired) electrons. The normalized spacial score (nSPS) is 28.5. The molecular weight excluding hydrogens is 881 g/mol. The number of nitrogens with one attached hydrogen (secondary N) is 3. The van der Waals surface area contributed by atoms with Crippen LogP contribution in [0.2, 0.25) is 0 Å². The first-order valence-electron chi connectivity index (χ1n) is 12.5. The Bertz CT molecular complexity index is 1760. The molecule has 48 heavy (non-hydrogen) atoms. The fraction of sp³-hybridized carbons (Fsp3) is 0.474. The van der Waals surface area contributed by atoms with Crippen molar-refractivity contribution in [2.75, 3.05) is 35.3 Å². The number of ether oxygens (including phenoxy) is 2. The molecule has 1 fully saturated rings. The number of phosphoric acid groups is 2. The Morgan fingerprint density at radius 1 is 1.04 bits per heavy atom. The van der Waals surface area contributed by atoms with Crippen LogP contribution in [0.3, 0.4) is 0 Å². The van der Waals surface area contributed by atoms with E-state index in [0.717, 1.165) is 10.8 Å². The van der Waals surface area contributed by atoms with Crippen LogP contribution in [-0.2, 0) is 79.5 Å². The molecule has 29 heteroatoms. The molecule has 268 valence electrons. The van der Waals surface area contributed by atoms with E-state index in [0.29, 0.717) is 0 Å². The van der Waals surface area contributed by atoms with E-state index in [1.807, 2.05) is 0 Å². The Hall–Kier alpha value is -1.79. The van der Waals surface area contributed by atoms with Gasteiger partial charge in [-0.2, -0.15) is 19.8 Å². The zero-order valence-corrected chi connectivity index (χ0v) is 30.5. The monoisotopic (exact) mass is 906 g/mol. The number of hydrogen-bond donors (Lipinski definition) is 7. The number of rotatable bonds is 9. The van der Waals surface area contributed by atoms with Crippen LogP contribution in [0.25, 0.3) is 0 Å². The van der Waals surface area contributed by atoms with E-state index in [9.17, 15) is 38.7 Å². The summed E-state index contributed by atoms with van der Waals surface area (Å²) in [5.41, 5.74) is 9.46. The van der Waals surface area contributed by atoms with Crippen LogP contribution in [0, 0.1) is 0 Å². The SMILES string of the molecule is Nc1ccn([C@@H]2O[C@H](COP(=O)([O-])OP(=O)([O-])OC[C@H]3O[C@H]4Nc5nc(N)[nH]c(=O)c5N[C@H]4C([S-])=C3[S-])[C@@H](O)[C@H]2O)c(=O)n1.[O]=[Mo][O-].[Se-]. The number of nitrogens with two attached hydrogens (primary N) is 2. The maximum atomic E-state index is 12.3. The average Bonchev–Trinajstić information content (AvgIpc) is 3.25. The molecule has 23 nitrogen and oxygen atoms in total. The second-order valence-electron chi connectivity index (χ2n) is 9.44. The molecule has 1 saturated heterocycles. The number of aromatic nitrogens is 4. The van der Waals surface area contributed by atoms with Crippen LogP contribution in [0.4, 0.5) is 23.3 Å². The molecule has 0 saturated carbocycles. The summed E-state index contributed by atoms with van der Waals surface area (Å²) >= 11 is 8.57. The molecule has 0 aliphatic carbocycles. The van der Waals surface area contributed by atoms with Crippen LogP contribution in [0.15, 0.2) is 31.7 Å². The van der Waals surface area contributed by atoms with Crippen LogP contribution in [0.1, 0.15) is 6.23 Å². The van der Waals surface area contributed by atoms with Gasteiger partial charge in [0.2, 0.25) is 5.95 Å². The van der Waals surface area contributed by atoms with Gasteiger partial charge in [0.15, 0.2) is 18.3 Å². The van der Waals surface area contributed by atoms with Gasteiger partial charge in [-0.05, 0) is 6.07 Å². The Morgan fingerprint density at radius 3 is 2.29 bits per heavy atom. The molecule has 2 unspecified atom stereocenters. The third-order valence-electron chi connectivity index (χ3n) is 6.39. The molecule has 3 aliphatic rings. The molecule has 5 heterocycles. The van der Waals surface area contributed by atoms with Gasteiger partial charge in [0.25, 0.3) is 21.2 Å². The number of nitrogen functional groups attached to an aromatic ring is 2. The topological polar surface area (TPSA) is 364 Å². The summed E-state index contributed by atoms with van der Waals surface area (Å²) in [7, 11) is -11.3. The van der Waals surface area contributed by atoms with Crippen molar-refractivity contribution in [3.05, 3.63) is 42.9 Å². The molecule has 0 spiro atoms. The van der Waals surface area contributed by atoms with E-state index >= 15 is 0 Å². The van der Waals surface area contributed by atoms with E-state index in [-0.39, 0.29) is 50.2 Å². The summed E-state index contributed by atoms with van der Waals surface area (Å²) in [5.74, 6) is -0.285. The molecule has 9 N–H and O–H groups in total. The van der Waals surface area contributed by atoms with Gasteiger partial charge in [0.1, 0.15) is 29.8 Å². The number of H-pyrrole nitrogens is 1. The zero-order chi connectivity index (χ0) is 34.8. The number of hydrogen-bond acceptors (Lipinski definition) is 23. The molecule has 3 aliphatic heterocycles. The molecule has 0 bridgehead atoms. The van der Waals surface area contributed by atoms with E-state index in [1.54, 1.807) is 0 Å². The van der Waals surface area contributed by atoms with E-state index < -0.39 is 102 Å². The maximum Gasteiger partial charge on any atom is -1.00 e. The number of fused-ring (bicyclic) bond motifs is 2. The van der Waals surface area contributed by atoms with Gasteiger partial charge in [-0.3, -0.25) is 23.5 Å². The summed E-state index contributed by atoms with van der Waals surface area (Å²) in [6.07, 6.45) is -7.73. The van der Waals surface area contributed by atoms with Crippen molar-refractivity contribution in [2.45, 2.75) is 42.9 Å². The smallest absolute Gasteiger partial charge is 1.00 e. The fourth-order valence-corrected chi connectivity index (χ4v) is 6.94. The molecule has 9 atom stereocenters. The van der Waals surface area contributed by atoms with Crippen molar-refractivity contribution in [3.63, 3.8) is 0 Å². The predicted octanol–water partition coefficient (Wildman–Crippen LogP) is -5.66. The van der Waals surface area contributed by atoms with Gasteiger partial charge in [-0.1, -0.05) is 0 Å². The van der Waals surface area contributed by atoms with Gasteiger partial charge in [0.05, 0.1) is 25.4 Å². The summed E-state index contributed by atoms with van der Waals surface area (Å²) in [4.78, 5) is 58.6. The summed E-state index contributed by atoms with van der Waals surface area (Å²) < 4.78 is 66.7.